The average Bonchev–Trinajstić information content (AvgIpc) is 3.24. The van der Waals surface area contributed by atoms with Gasteiger partial charge < -0.3 is 15.4 Å². The lowest BCUT2D eigenvalue weighted by Crippen LogP contribution is -2.25. The fourth-order valence-corrected chi connectivity index (χ4v) is 2.68. The van der Waals surface area contributed by atoms with Crippen molar-refractivity contribution < 1.29 is 14.1 Å². The Morgan fingerprint density at radius 3 is 2.75 bits per heavy atom. The molecular formula is C18H19FN6O3. The summed E-state index contributed by atoms with van der Waals surface area (Å²) in [5, 5.41) is 21.6. The molecule has 0 saturated carbocycles. The van der Waals surface area contributed by atoms with Gasteiger partial charge in [0.2, 0.25) is 5.91 Å². The van der Waals surface area contributed by atoms with E-state index in [9.17, 15) is 19.3 Å². The van der Waals surface area contributed by atoms with E-state index in [-0.39, 0.29) is 30.6 Å². The Morgan fingerprint density at radius 1 is 1.32 bits per heavy atom. The standard InChI is InChI=1S/C18H19FN6O3/c1-12(10-24-13(2)9-17(22-24)25(27)28)18(26)20-16-7-8-23(21-16)11-14-5-3-4-6-15(14)19/h3-9,12H,10-11H2,1-2H3,(H,20,21,26). The smallest absolute Gasteiger partial charge is 0.358 e. The number of nitro groups is 1. The summed E-state index contributed by atoms with van der Waals surface area (Å²) in [6.07, 6.45) is 1.65. The highest BCUT2D eigenvalue weighted by atomic mass is 19.1. The molecule has 0 spiro atoms. The van der Waals surface area contributed by atoms with Gasteiger partial charge in [-0.1, -0.05) is 25.1 Å². The minimum atomic E-state index is -0.573. The van der Waals surface area contributed by atoms with Crippen LogP contribution in [0.3, 0.4) is 0 Å². The third-order valence-corrected chi connectivity index (χ3v) is 4.23. The van der Waals surface area contributed by atoms with Crippen molar-refractivity contribution in [3.63, 3.8) is 0 Å². The first kappa shape index (κ1) is 19.2. The van der Waals surface area contributed by atoms with E-state index in [1.54, 1.807) is 44.3 Å². The van der Waals surface area contributed by atoms with Gasteiger partial charge in [-0.25, -0.2) is 4.39 Å². The van der Waals surface area contributed by atoms with Crippen LogP contribution in [-0.2, 0) is 17.9 Å². The number of hydrogen-bond acceptors (Lipinski definition) is 5. The van der Waals surface area contributed by atoms with Crippen LogP contribution in [0.2, 0.25) is 0 Å². The lowest BCUT2D eigenvalue weighted by atomic mass is 10.1. The summed E-state index contributed by atoms with van der Waals surface area (Å²) in [6, 6.07) is 9.39. The minimum Gasteiger partial charge on any atom is -0.358 e. The number of anilines is 1. The number of carbonyl (C=O) groups excluding carboxylic acids is 1. The molecule has 3 rings (SSSR count). The van der Waals surface area contributed by atoms with E-state index in [4.69, 9.17) is 0 Å². The summed E-state index contributed by atoms with van der Waals surface area (Å²) in [6.45, 7) is 3.82. The molecule has 146 valence electrons. The van der Waals surface area contributed by atoms with E-state index < -0.39 is 10.8 Å². The van der Waals surface area contributed by atoms with Gasteiger partial charge >= 0.3 is 5.82 Å². The largest absolute Gasteiger partial charge is 0.390 e. The van der Waals surface area contributed by atoms with Gasteiger partial charge in [0, 0.05) is 17.8 Å². The van der Waals surface area contributed by atoms with E-state index in [1.165, 1.54) is 21.5 Å². The number of hydrogen-bond donors (Lipinski definition) is 1. The number of nitrogens with zero attached hydrogens (tertiary/aromatic N) is 5. The van der Waals surface area contributed by atoms with Crippen LogP contribution in [0.4, 0.5) is 16.0 Å². The fourth-order valence-electron chi connectivity index (χ4n) is 2.68. The second-order valence-electron chi connectivity index (χ2n) is 6.46. The van der Waals surface area contributed by atoms with Crippen LogP contribution in [0.1, 0.15) is 18.2 Å². The van der Waals surface area contributed by atoms with Gasteiger partial charge in [-0.2, -0.15) is 9.78 Å². The van der Waals surface area contributed by atoms with Gasteiger partial charge in [0.25, 0.3) is 0 Å². The van der Waals surface area contributed by atoms with Crippen molar-refractivity contribution in [1.82, 2.24) is 19.6 Å². The van der Waals surface area contributed by atoms with Crippen molar-refractivity contribution in [3.8, 4) is 0 Å². The molecule has 2 aromatic heterocycles. The van der Waals surface area contributed by atoms with E-state index in [0.29, 0.717) is 17.1 Å². The molecule has 9 nitrogen and oxygen atoms in total. The summed E-state index contributed by atoms with van der Waals surface area (Å²) < 4.78 is 16.7. The Labute approximate surface area is 159 Å². The highest BCUT2D eigenvalue weighted by Gasteiger charge is 2.21. The second-order valence-corrected chi connectivity index (χ2v) is 6.46. The summed E-state index contributed by atoms with van der Waals surface area (Å²) in [5.74, 6) is -1.02. The van der Waals surface area contributed by atoms with Crippen LogP contribution >= 0.6 is 0 Å². The molecule has 1 amide bonds. The Hall–Kier alpha value is -3.56. The number of nitrogens with one attached hydrogen (secondary N) is 1. The molecule has 0 radical (unpaired) electrons. The van der Waals surface area contributed by atoms with Crippen molar-refractivity contribution in [2.24, 2.45) is 5.92 Å². The molecule has 0 fully saturated rings. The molecule has 1 aromatic carbocycles. The van der Waals surface area contributed by atoms with Gasteiger partial charge in [0.05, 0.1) is 35.9 Å². The van der Waals surface area contributed by atoms with Crippen molar-refractivity contribution in [2.45, 2.75) is 26.9 Å². The topological polar surface area (TPSA) is 108 Å². The van der Waals surface area contributed by atoms with Crippen molar-refractivity contribution in [2.75, 3.05) is 5.32 Å². The predicted molar refractivity (Wildman–Crippen MR) is 99.1 cm³/mol. The molecule has 1 N–H and O–H groups in total. The first-order valence-corrected chi connectivity index (χ1v) is 8.60. The van der Waals surface area contributed by atoms with Crippen LogP contribution in [-0.4, -0.2) is 30.4 Å². The maximum atomic E-state index is 13.7. The van der Waals surface area contributed by atoms with E-state index >= 15 is 0 Å². The van der Waals surface area contributed by atoms with E-state index in [1.807, 2.05) is 0 Å². The number of carbonyl (C=O) groups is 1. The molecule has 2 heterocycles. The number of halogens is 1. The van der Waals surface area contributed by atoms with Crippen molar-refractivity contribution in [1.29, 1.82) is 0 Å². The third kappa shape index (κ3) is 4.40. The lowest BCUT2D eigenvalue weighted by molar-refractivity contribution is -0.389. The molecular weight excluding hydrogens is 367 g/mol. The maximum absolute atomic E-state index is 13.7. The molecule has 3 aromatic rings. The highest BCUT2D eigenvalue weighted by Crippen LogP contribution is 2.14. The number of aromatic nitrogens is 4. The Morgan fingerprint density at radius 2 is 2.07 bits per heavy atom. The van der Waals surface area contributed by atoms with Crippen LogP contribution in [0.15, 0.2) is 42.6 Å². The van der Waals surface area contributed by atoms with E-state index in [2.05, 4.69) is 15.5 Å². The van der Waals surface area contributed by atoms with Crippen LogP contribution < -0.4 is 5.32 Å². The van der Waals surface area contributed by atoms with Crippen molar-refractivity contribution >= 4 is 17.5 Å². The predicted octanol–water partition coefficient (Wildman–Crippen LogP) is 2.76. The Kier molecular flexibility index (Phi) is 5.48. The maximum Gasteiger partial charge on any atom is 0.390 e. The third-order valence-electron chi connectivity index (χ3n) is 4.23. The molecule has 0 aliphatic rings. The molecule has 10 heteroatoms. The van der Waals surface area contributed by atoms with Crippen LogP contribution in [0.5, 0.6) is 0 Å². The zero-order valence-electron chi connectivity index (χ0n) is 15.4. The first-order chi connectivity index (χ1) is 13.3. The monoisotopic (exact) mass is 386 g/mol. The highest BCUT2D eigenvalue weighted by molar-refractivity contribution is 5.91. The van der Waals surface area contributed by atoms with Gasteiger partial charge in [0.15, 0.2) is 5.82 Å². The summed E-state index contributed by atoms with van der Waals surface area (Å²) in [7, 11) is 0. The number of aryl methyl sites for hydroxylation is 1. The lowest BCUT2D eigenvalue weighted by Gasteiger charge is -2.10. The molecule has 0 bridgehead atoms. The SMILES string of the molecule is Cc1cc([N+](=O)[O-])nn1CC(C)C(=O)Nc1ccn(Cc2ccccc2F)n1. The first-order valence-electron chi connectivity index (χ1n) is 8.60. The second kappa shape index (κ2) is 7.99. The quantitative estimate of drug-likeness (QED) is 0.496. The Balaban J connectivity index is 1.61. The van der Waals surface area contributed by atoms with Crippen LogP contribution in [0, 0.1) is 28.8 Å². The minimum absolute atomic E-state index is 0.196. The summed E-state index contributed by atoms with van der Waals surface area (Å²) >= 11 is 0. The number of amides is 1. The van der Waals surface area contributed by atoms with Gasteiger partial charge in [-0.3, -0.25) is 9.48 Å². The van der Waals surface area contributed by atoms with Gasteiger partial charge in [-0.05, 0) is 17.9 Å². The molecule has 0 saturated heterocycles. The zero-order valence-corrected chi connectivity index (χ0v) is 15.4. The number of benzene rings is 1. The fraction of sp³-hybridized carbons (Fsp3) is 0.278. The summed E-state index contributed by atoms with van der Waals surface area (Å²) in [4.78, 5) is 22.6. The zero-order chi connectivity index (χ0) is 20.3. The van der Waals surface area contributed by atoms with Gasteiger partial charge in [-0.15, -0.1) is 0 Å². The van der Waals surface area contributed by atoms with Crippen molar-refractivity contribution in [3.05, 3.63) is 69.8 Å². The average molecular weight is 386 g/mol. The number of rotatable bonds is 7. The van der Waals surface area contributed by atoms with Gasteiger partial charge in [0.1, 0.15) is 5.82 Å². The van der Waals surface area contributed by atoms with E-state index in [0.717, 1.165) is 0 Å². The Bertz CT molecular complexity index is 1010. The molecule has 1 atom stereocenters. The van der Waals surface area contributed by atoms with Crippen LogP contribution in [0.25, 0.3) is 0 Å². The molecule has 28 heavy (non-hydrogen) atoms. The summed E-state index contributed by atoms with van der Waals surface area (Å²) in [5.41, 5.74) is 1.09. The molecule has 0 aliphatic carbocycles. The molecule has 0 aliphatic heterocycles. The normalized spacial score (nSPS) is 12.0. The molecule has 1 unspecified atom stereocenters.